The lowest BCUT2D eigenvalue weighted by Gasteiger charge is -2.35. The first-order valence-electron chi connectivity index (χ1n) is 11.6. The van der Waals surface area contributed by atoms with Gasteiger partial charge < -0.3 is 19.4 Å². The summed E-state index contributed by atoms with van der Waals surface area (Å²) in [7, 11) is -1.88. The highest BCUT2D eigenvalue weighted by atomic mass is 28.4. The molecule has 2 atom stereocenters. The number of ether oxygens (including phenoxy) is 1. The van der Waals surface area contributed by atoms with Crippen LogP contribution in [0.15, 0.2) is 42.2 Å². The summed E-state index contributed by atoms with van der Waals surface area (Å²) < 4.78 is 12.7. The molecule has 1 aliphatic carbocycles. The van der Waals surface area contributed by atoms with Gasteiger partial charge in [-0.1, -0.05) is 39.0 Å². The molecule has 2 N–H and O–H groups in total. The monoisotopic (exact) mass is 466 g/mol. The van der Waals surface area contributed by atoms with Crippen LogP contribution in [0.3, 0.4) is 0 Å². The largest absolute Gasteiger partial charge is 0.547 e. The zero-order valence-electron chi connectivity index (χ0n) is 19.5. The molecule has 0 radical (unpaired) electrons. The Morgan fingerprint density at radius 3 is 2.27 bits per heavy atom. The predicted octanol–water partition coefficient (Wildman–Crippen LogP) is 5.63. The van der Waals surface area contributed by atoms with Crippen molar-refractivity contribution in [1.29, 1.82) is 0 Å². The van der Waals surface area contributed by atoms with E-state index >= 15 is 0 Å². The van der Waals surface area contributed by atoms with E-state index in [1.807, 2.05) is 13.0 Å². The van der Waals surface area contributed by atoms with Gasteiger partial charge >= 0.3 is 0 Å². The van der Waals surface area contributed by atoms with Crippen molar-refractivity contribution in [2.75, 3.05) is 0 Å². The summed E-state index contributed by atoms with van der Waals surface area (Å²) in [6.07, 6.45) is 1.71. The number of rotatable bonds is 6. The minimum Gasteiger partial charge on any atom is -0.547 e. The van der Waals surface area contributed by atoms with Crippen molar-refractivity contribution in [2.24, 2.45) is 0 Å². The van der Waals surface area contributed by atoms with Crippen LogP contribution in [0, 0.1) is 0 Å². The van der Waals surface area contributed by atoms with Gasteiger partial charge in [-0.05, 0) is 43.3 Å². The van der Waals surface area contributed by atoms with E-state index in [-0.39, 0.29) is 39.9 Å². The second-order valence-corrected chi connectivity index (χ2v) is 13.5. The number of carbonyl (C=O) groups is 2. The van der Waals surface area contributed by atoms with Crippen LogP contribution in [0.25, 0.3) is 0 Å². The van der Waals surface area contributed by atoms with Crippen molar-refractivity contribution in [3.63, 3.8) is 0 Å². The summed E-state index contributed by atoms with van der Waals surface area (Å²) in [5, 5.41) is 21.3. The third kappa shape index (κ3) is 3.89. The van der Waals surface area contributed by atoms with Crippen LogP contribution in [0.5, 0.6) is 11.5 Å². The van der Waals surface area contributed by atoms with Crippen LogP contribution in [-0.4, -0.2) is 36.2 Å². The van der Waals surface area contributed by atoms with Gasteiger partial charge in [0, 0.05) is 23.1 Å². The van der Waals surface area contributed by atoms with Gasteiger partial charge in [-0.15, -0.1) is 0 Å². The number of fused-ring (bicyclic) bond motifs is 2. The maximum atomic E-state index is 13.2. The van der Waals surface area contributed by atoms with Gasteiger partial charge in [0.05, 0.1) is 29.1 Å². The molecule has 7 heteroatoms. The molecule has 1 aliphatic heterocycles. The quantitative estimate of drug-likeness (QED) is 0.458. The molecular formula is C26H30O6Si. The minimum atomic E-state index is -1.88. The fourth-order valence-corrected chi connectivity index (χ4v) is 7.53. The van der Waals surface area contributed by atoms with Crippen LogP contribution < -0.4 is 0 Å². The fraction of sp³-hybridized carbons (Fsp3) is 0.385. The highest BCUT2D eigenvalue weighted by Crippen LogP contribution is 2.43. The van der Waals surface area contributed by atoms with Crippen molar-refractivity contribution in [2.45, 2.75) is 64.5 Å². The molecule has 2 aromatic carbocycles. The summed E-state index contributed by atoms with van der Waals surface area (Å²) in [6, 6.07) is 10.6. The van der Waals surface area contributed by atoms with Gasteiger partial charge in [-0.2, -0.15) is 0 Å². The number of hydrogen-bond donors (Lipinski definition) is 2. The molecule has 0 bridgehead atoms. The summed E-state index contributed by atoms with van der Waals surface area (Å²) in [5.74, 6) is -0.591. The van der Waals surface area contributed by atoms with E-state index in [4.69, 9.17) is 9.16 Å². The van der Waals surface area contributed by atoms with Gasteiger partial charge in [0.2, 0.25) is 8.32 Å². The maximum absolute atomic E-state index is 13.2. The zero-order chi connectivity index (χ0) is 23.9. The first-order valence-corrected chi connectivity index (χ1v) is 14.1. The van der Waals surface area contributed by atoms with Gasteiger partial charge in [-0.25, -0.2) is 0 Å². The van der Waals surface area contributed by atoms with Crippen molar-refractivity contribution in [3.05, 3.63) is 70.0 Å². The summed E-state index contributed by atoms with van der Waals surface area (Å²) in [5.41, 5.74) is 0.565. The number of carbonyl (C=O) groups excluding carboxylic acids is 2. The van der Waals surface area contributed by atoms with E-state index in [2.05, 4.69) is 20.8 Å². The highest BCUT2D eigenvalue weighted by Gasteiger charge is 2.38. The summed E-state index contributed by atoms with van der Waals surface area (Å²) in [6.45, 7) is 8.44. The van der Waals surface area contributed by atoms with E-state index < -0.39 is 26.0 Å². The Hall–Kier alpha value is -2.90. The van der Waals surface area contributed by atoms with Gasteiger partial charge in [0.15, 0.2) is 11.6 Å². The Morgan fingerprint density at radius 1 is 0.970 bits per heavy atom. The Balaban J connectivity index is 1.71. The number of aromatic hydroxyl groups is 2. The Labute approximate surface area is 195 Å². The lowest BCUT2D eigenvalue weighted by atomic mass is 9.81. The minimum absolute atomic E-state index is 0.0247. The van der Waals surface area contributed by atoms with Gasteiger partial charge in [0.1, 0.15) is 11.5 Å². The first-order chi connectivity index (χ1) is 15.7. The zero-order valence-corrected chi connectivity index (χ0v) is 20.5. The van der Waals surface area contributed by atoms with Crippen LogP contribution >= 0.6 is 0 Å². The second-order valence-electron chi connectivity index (χ2n) is 8.80. The molecule has 4 rings (SSSR count). The number of ketones is 2. The molecule has 174 valence electrons. The molecule has 0 fully saturated rings. The number of phenolic OH excluding ortho intramolecular Hbond substituents is 2. The average molecular weight is 467 g/mol. The summed E-state index contributed by atoms with van der Waals surface area (Å²) in [4.78, 5) is 26.2. The van der Waals surface area contributed by atoms with Crippen molar-refractivity contribution >= 4 is 19.9 Å². The Kier molecular flexibility index (Phi) is 6.20. The van der Waals surface area contributed by atoms with Crippen LogP contribution in [-0.2, 0) is 9.16 Å². The van der Waals surface area contributed by atoms with Gasteiger partial charge in [0.25, 0.3) is 0 Å². The van der Waals surface area contributed by atoms with Crippen molar-refractivity contribution in [1.82, 2.24) is 0 Å². The van der Waals surface area contributed by atoms with E-state index in [0.717, 1.165) is 23.9 Å². The fourth-order valence-electron chi connectivity index (χ4n) is 4.89. The number of benzene rings is 2. The molecule has 33 heavy (non-hydrogen) atoms. The highest BCUT2D eigenvalue weighted by molar-refractivity contribution is 6.73. The van der Waals surface area contributed by atoms with E-state index in [1.165, 1.54) is 24.3 Å². The molecule has 2 aromatic rings. The van der Waals surface area contributed by atoms with Crippen LogP contribution in [0.2, 0.25) is 18.1 Å². The molecule has 0 amide bonds. The number of hydrogen-bond acceptors (Lipinski definition) is 6. The molecule has 2 aliphatic rings. The molecule has 0 aromatic heterocycles. The molecule has 0 spiro atoms. The van der Waals surface area contributed by atoms with Crippen LogP contribution in [0.1, 0.15) is 77.6 Å². The normalized spacial score (nSPS) is 20.2. The molecule has 0 saturated carbocycles. The van der Waals surface area contributed by atoms with Crippen LogP contribution in [0.4, 0.5) is 0 Å². The first kappa shape index (κ1) is 23.3. The molecule has 1 heterocycles. The summed E-state index contributed by atoms with van der Waals surface area (Å²) >= 11 is 0. The standard InChI is InChI=1S/C26H30O6Si/c1-5-33(6-2,7-3)32-16-13-15(4)31-21(14-16)17-11-12-19-23(24(17)28)26(30)18-9-8-10-20(27)22(18)25(19)29/h8-13,15,21,27-28H,5-7,14H2,1-4H3/t15-,21-/m1/s1. The lowest BCUT2D eigenvalue weighted by molar-refractivity contribution is 0.000226. The van der Waals surface area contributed by atoms with Crippen molar-refractivity contribution < 1.29 is 29.0 Å². The third-order valence-electron chi connectivity index (χ3n) is 7.01. The van der Waals surface area contributed by atoms with E-state index in [1.54, 1.807) is 6.07 Å². The third-order valence-corrected chi connectivity index (χ3v) is 11.6. The van der Waals surface area contributed by atoms with E-state index in [0.29, 0.717) is 12.0 Å². The number of phenols is 2. The SMILES string of the molecule is CC[Si](CC)(CC)OC1=C[C@@H](C)O[C@@H](c2ccc3c(c2O)C(=O)c2cccc(O)c2C3=O)C1. The Morgan fingerprint density at radius 2 is 1.61 bits per heavy atom. The van der Waals surface area contributed by atoms with E-state index in [9.17, 15) is 19.8 Å². The molecule has 0 saturated heterocycles. The predicted molar refractivity (Wildman–Crippen MR) is 127 cm³/mol. The molecule has 0 unspecified atom stereocenters. The second kappa shape index (κ2) is 8.80. The Bertz CT molecular complexity index is 1140. The van der Waals surface area contributed by atoms with Gasteiger partial charge in [-0.3, -0.25) is 9.59 Å². The maximum Gasteiger partial charge on any atom is 0.250 e. The molecule has 6 nitrogen and oxygen atoms in total. The topological polar surface area (TPSA) is 93.1 Å². The smallest absolute Gasteiger partial charge is 0.250 e. The average Bonchev–Trinajstić information content (AvgIpc) is 2.80. The lowest BCUT2D eigenvalue weighted by Crippen LogP contribution is -2.36. The molecular weight excluding hydrogens is 436 g/mol. The van der Waals surface area contributed by atoms with Crippen molar-refractivity contribution in [3.8, 4) is 11.5 Å².